The van der Waals surface area contributed by atoms with Crippen LogP contribution in [0, 0.1) is 0 Å². The Kier molecular flexibility index (Phi) is 4.93. The second-order valence-electron chi connectivity index (χ2n) is 7.31. The number of fused-ring (bicyclic) bond motifs is 2. The first-order chi connectivity index (χ1) is 14.4. The lowest BCUT2D eigenvalue weighted by Crippen LogP contribution is -2.31. The van der Waals surface area contributed by atoms with Crippen molar-refractivity contribution >= 4 is 54.2 Å². The van der Waals surface area contributed by atoms with Gasteiger partial charge in [-0.1, -0.05) is 22.9 Å². The largest absolute Gasteiger partial charge is 0.480 e. The summed E-state index contributed by atoms with van der Waals surface area (Å²) in [5.74, 6) is 0.354. The van der Waals surface area contributed by atoms with E-state index in [1.54, 1.807) is 36.4 Å². The van der Waals surface area contributed by atoms with E-state index in [0.29, 0.717) is 45.6 Å². The molecular formula is C20H18ClN3O4S2. The molecule has 0 spiro atoms. The fraction of sp³-hybridized carbons (Fsp3) is 0.300. The average molecular weight is 464 g/mol. The van der Waals surface area contributed by atoms with Crippen LogP contribution < -0.4 is 10.1 Å². The quantitative estimate of drug-likeness (QED) is 0.637. The van der Waals surface area contributed by atoms with Gasteiger partial charge in [0.05, 0.1) is 15.1 Å². The summed E-state index contributed by atoms with van der Waals surface area (Å²) in [5, 5.41) is 3.79. The van der Waals surface area contributed by atoms with E-state index in [1.807, 2.05) is 0 Å². The number of amides is 1. The molecule has 0 bridgehead atoms. The number of rotatable bonds is 4. The molecule has 0 saturated carbocycles. The van der Waals surface area contributed by atoms with Crippen LogP contribution in [0.5, 0.6) is 5.75 Å². The molecule has 1 fully saturated rings. The second-order valence-corrected chi connectivity index (χ2v) is 10.7. The SMILES string of the molecule is O=C(Nc1nc2ccc(S(=O)(=O)N3CCCC3)cc2s1)C1Cc2cc(Cl)ccc2O1. The highest BCUT2D eigenvalue weighted by atomic mass is 35.5. The summed E-state index contributed by atoms with van der Waals surface area (Å²) in [5.41, 5.74) is 1.53. The predicted molar refractivity (Wildman–Crippen MR) is 116 cm³/mol. The molecule has 2 aliphatic heterocycles. The zero-order chi connectivity index (χ0) is 20.9. The lowest BCUT2D eigenvalue weighted by molar-refractivity contribution is -0.122. The molecule has 1 amide bonds. The number of aromatic nitrogens is 1. The Hall–Kier alpha value is -2.20. The summed E-state index contributed by atoms with van der Waals surface area (Å²) in [7, 11) is -3.50. The zero-order valence-electron chi connectivity index (χ0n) is 15.8. The maximum absolute atomic E-state index is 12.8. The molecule has 30 heavy (non-hydrogen) atoms. The van der Waals surface area contributed by atoms with Crippen LogP contribution in [0.1, 0.15) is 18.4 Å². The van der Waals surface area contributed by atoms with Crippen LogP contribution in [-0.4, -0.2) is 42.8 Å². The summed E-state index contributed by atoms with van der Waals surface area (Å²) in [6.07, 6.45) is 1.55. The molecule has 0 aliphatic carbocycles. The second kappa shape index (κ2) is 7.49. The van der Waals surface area contributed by atoms with Gasteiger partial charge in [-0.25, -0.2) is 13.4 Å². The topological polar surface area (TPSA) is 88.6 Å². The molecule has 156 valence electrons. The highest BCUT2D eigenvalue weighted by Crippen LogP contribution is 2.33. The van der Waals surface area contributed by atoms with Crippen molar-refractivity contribution in [3.63, 3.8) is 0 Å². The summed E-state index contributed by atoms with van der Waals surface area (Å²) in [6, 6.07) is 10.1. The Labute approximate surface area is 182 Å². The molecule has 3 aromatic rings. The summed E-state index contributed by atoms with van der Waals surface area (Å²) < 4.78 is 33.5. The van der Waals surface area contributed by atoms with Gasteiger partial charge in [0.25, 0.3) is 5.91 Å². The summed E-state index contributed by atoms with van der Waals surface area (Å²) in [4.78, 5) is 17.3. The number of nitrogens with zero attached hydrogens (tertiary/aromatic N) is 2. The van der Waals surface area contributed by atoms with Crippen LogP contribution in [0.15, 0.2) is 41.3 Å². The van der Waals surface area contributed by atoms with Gasteiger partial charge in [-0.2, -0.15) is 4.31 Å². The van der Waals surface area contributed by atoms with Crippen LogP contribution in [0.4, 0.5) is 5.13 Å². The van der Waals surface area contributed by atoms with E-state index in [4.69, 9.17) is 16.3 Å². The van der Waals surface area contributed by atoms with Crippen LogP contribution in [0.25, 0.3) is 10.2 Å². The standard InChI is InChI=1S/C20H18ClN3O4S2/c21-13-3-6-16-12(9-13)10-17(28-16)19(25)23-20-22-15-5-4-14(11-18(15)29-20)30(26,27)24-7-1-2-8-24/h3-6,9,11,17H,1-2,7-8,10H2,(H,22,23,25). The van der Waals surface area contributed by atoms with E-state index in [0.717, 1.165) is 18.4 Å². The van der Waals surface area contributed by atoms with Gasteiger partial charge in [-0.15, -0.1) is 0 Å². The van der Waals surface area contributed by atoms with E-state index in [-0.39, 0.29) is 10.8 Å². The first kappa shape index (κ1) is 19.7. The smallest absolute Gasteiger partial charge is 0.267 e. The third kappa shape index (κ3) is 3.56. The molecule has 2 aromatic carbocycles. The van der Waals surface area contributed by atoms with Gasteiger partial charge in [0, 0.05) is 24.5 Å². The van der Waals surface area contributed by atoms with Crippen molar-refractivity contribution in [3.05, 3.63) is 47.0 Å². The third-order valence-corrected chi connectivity index (χ3v) is 8.35. The number of ether oxygens (including phenoxy) is 1. The monoisotopic (exact) mass is 463 g/mol. The molecule has 1 atom stereocenters. The zero-order valence-corrected chi connectivity index (χ0v) is 18.2. The fourth-order valence-corrected chi connectivity index (χ4v) is 6.47. The third-order valence-electron chi connectivity index (χ3n) is 5.28. The van der Waals surface area contributed by atoms with Crippen molar-refractivity contribution in [2.75, 3.05) is 18.4 Å². The maximum atomic E-state index is 12.8. The van der Waals surface area contributed by atoms with E-state index >= 15 is 0 Å². The summed E-state index contributed by atoms with van der Waals surface area (Å²) in [6.45, 7) is 1.11. The number of nitrogens with one attached hydrogen (secondary N) is 1. The number of hydrogen-bond donors (Lipinski definition) is 1. The van der Waals surface area contributed by atoms with Gasteiger partial charge in [0.2, 0.25) is 10.0 Å². The van der Waals surface area contributed by atoms with Crippen LogP contribution in [0.2, 0.25) is 5.02 Å². The Bertz CT molecular complexity index is 1250. The first-order valence-corrected chi connectivity index (χ1v) is 12.2. The van der Waals surface area contributed by atoms with E-state index in [1.165, 1.54) is 15.6 Å². The van der Waals surface area contributed by atoms with Crippen molar-refractivity contribution in [2.24, 2.45) is 0 Å². The van der Waals surface area contributed by atoms with E-state index in [9.17, 15) is 13.2 Å². The Morgan fingerprint density at radius 3 is 2.80 bits per heavy atom. The highest BCUT2D eigenvalue weighted by molar-refractivity contribution is 7.89. The Balaban J connectivity index is 1.34. The minimum absolute atomic E-state index is 0.255. The molecule has 1 aromatic heterocycles. The number of carbonyl (C=O) groups excluding carboxylic acids is 1. The van der Waals surface area contributed by atoms with Crippen LogP contribution in [0.3, 0.4) is 0 Å². The number of hydrogen-bond acceptors (Lipinski definition) is 6. The van der Waals surface area contributed by atoms with Crippen molar-refractivity contribution < 1.29 is 17.9 Å². The van der Waals surface area contributed by atoms with Gasteiger partial charge in [-0.05, 0) is 54.8 Å². The number of thiazole rings is 1. The van der Waals surface area contributed by atoms with Crippen molar-refractivity contribution in [2.45, 2.75) is 30.3 Å². The molecular weight excluding hydrogens is 446 g/mol. The van der Waals surface area contributed by atoms with Crippen molar-refractivity contribution in [1.29, 1.82) is 0 Å². The molecule has 1 N–H and O–H groups in total. The molecule has 0 radical (unpaired) electrons. The van der Waals surface area contributed by atoms with Crippen LogP contribution >= 0.6 is 22.9 Å². The number of benzene rings is 2. The summed E-state index contributed by atoms with van der Waals surface area (Å²) >= 11 is 7.24. The lowest BCUT2D eigenvalue weighted by atomic mass is 10.1. The molecule has 10 heteroatoms. The van der Waals surface area contributed by atoms with E-state index < -0.39 is 16.1 Å². The Morgan fingerprint density at radius 1 is 1.20 bits per heavy atom. The van der Waals surface area contributed by atoms with Crippen LogP contribution in [-0.2, 0) is 21.2 Å². The Morgan fingerprint density at radius 2 is 2.00 bits per heavy atom. The number of sulfonamides is 1. The molecule has 1 unspecified atom stereocenters. The molecule has 5 rings (SSSR count). The minimum atomic E-state index is -3.50. The molecule has 1 saturated heterocycles. The average Bonchev–Trinajstić information content (AvgIpc) is 3.45. The van der Waals surface area contributed by atoms with Crippen molar-refractivity contribution in [3.8, 4) is 5.75 Å². The number of anilines is 1. The first-order valence-electron chi connectivity index (χ1n) is 9.57. The number of carbonyl (C=O) groups is 1. The maximum Gasteiger partial charge on any atom is 0.267 e. The van der Waals surface area contributed by atoms with Gasteiger partial charge >= 0.3 is 0 Å². The van der Waals surface area contributed by atoms with E-state index in [2.05, 4.69) is 10.3 Å². The lowest BCUT2D eigenvalue weighted by Gasteiger charge is -2.15. The van der Waals surface area contributed by atoms with Gasteiger partial charge < -0.3 is 4.74 Å². The predicted octanol–water partition coefficient (Wildman–Crippen LogP) is 3.68. The number of halogens is 1. The van der Waals surface area contributed by atoms with Crippen molar-refractivity contribution in [1.82, 2.24) is 9.29 Å². The van der Waals surface area contributed by atoms with Gasteiger partial charge in [-0.3, -0.25) is 10.1 Å². The highest BCUT2D eigenvalue weighted by Gasteiger charge is 2.30. The molecule has 3 heterocycles. The molecule has 2 aliphatic rings. The normalized spacial score (nSPS) is 19.0. The van der Waals surface area contributed by atoms with Gasteiger partial charge in [0.15, 0.2) is 11.2 Å². The fourth-order valence-electron chi connectivity index (χ4n) is 3.75. The van der Waals surface area contributed by atoms with Gasteiger partial charge in [0.1, 0.15) is 5.75 Å². The molecule has 7 nitrogen and oxygen atoms in total. The minimum Gasteiger partial charge on any atom is -0.480 e.